The number of carbonyl (C=O) groups is 2. The molecule has 0 saturated heterocycles. The molecule has 0 saturated carbocycles. The van der Waals surface area contributed by atoms with Crippen molar-refractivity contribution in [3.63, 3.8) is 0 Å². The molecule has 0 radical (unpaired) electrons. The minimum atomic E-state index is -0.414. The number of amides is 1. The molecule has 0 aliphatic carbocycles. The standard InChI is InChI=1S/C19H21NO4/c1-3-14-8-10-16(11-9-14)20-18(21)13-24-17-7-5-6-15(12-17)19(22)23-4-2/h5-12H,3-4,13H2,1-2H3,(H,20,21). The maximum atomic E-state index is 11.9. The molecule has 0 heterocycles. The van der Waals surface area contributed by atoms with Gasteiger partial charge in [0.2, 0.25) is 0 Å². The van der Waals surface area contributed by atoms with Crippen LogP contribution in [0.5, 0.6) is 5.75 Å². The fraction of sp³-hybridized carbons (Fsp3) is 0.263. The smallest absolute Gasteiger partial charge is 0.338 e. The van der Waals surface area contributed by atoms with E-state index in [9.17, 15) is 9.59 Å². The molecule has 0 atom stereocenters. The second-order valence-electron chi connectivity index (χ2n) is 5.14. The van der Waals surface area contributed by atoms with Crippen LogP contribution in [0.4, 0.5) is 5.69 Å². The molecule has 126 valence electrons. The Hall–Kier alpha value is -2.82. The van der Waals surface area contributed by atoms with E-state index in [1.165, 1.54) is 5.56 Å². The SMILES string of the molecule is CCOC(=O)c1cccc(OCC(=O)Nc2ccc(CC)cc2)c1. The van der Waals surface area contributed by atoms with Crippen molar-refractivity contribution >= 4 is 17.6 Å². The van der Waals surface area contributed by atoms with Crippen LogP contribution < -0.4 is 10.1 Å². The van der Waals surface area contributed by atoms with Gasteiger partial charge in [0, 0.05) is 5.69 Å². The van der Waals surface area contributed by atoms with E-state index in [-0.39, 0.29) is 12.5 Å². The largest absolute Gasteiger partial charge is 0.484 e. The van der Waals surface area contributed by atoms with Gasteiger partial charge in [-0.25, -0.2) is 4.79 Å². The van der Waals surface area contributed by atoms with E-state index in [1.807, 2.05) is 24.3 Å². The van der Waals surface area contributed by atoms with E-state index in [0.717, 1.165) is 12.1 Å². The minimum Gasteiger partial charge on any atom is -0.484 e. The number of hydrogen-bond acceptors (Lipinski definition) is 4. The molecule has 0 aromatic heterocycles. The summed E-state index contributed by atoms with van der Waals surface area (Å²) >= 11 is 0. The molecule has 0 aliphatic heterocycles. The fourth-order valence-electron chi connectivity index (χ4n) is 2.10. The molecule has 2 rings (SSSR count). The molecule has 2 aromatic rings. The van der Waals surface area contributed by atoms with Crippen LogP contribution in [0.2, 0.25) is 0 Å². The van der Waals surface area contributed by atoms with E-state index in [0.29, 0.717) is 17.9 Å². The van der Waals surface area contributed by atoms with Crippen molar-refractivity contribution in [3.8, 4) is 5.75 Å². The summed E-state index contributed by atoms with van der Waals surface area (Å²) in [7, 11) is 0. The highest BCUT2D eigenvalue weighted by molar-refractivity contribution is 5.92. The number of ether oxygens (including phenoxy) is 2. The molecule has 0 spiro atoms. The van der Waals surface area contributed by atoms with E-state index < -0.39 is 5.97 Å². The highest BCUT2D eigenvalue weighted by Crippen LogP contribution is 2.15. The molecule has 1 amide bonds. The Balaban J connectivity index is 1.89. The van der Waals surface area contributed by atoms with Gasteiger partial charge >= 0.3 is 5.97 Å². The molecule has 5 nitrogen and oxygen atoms in total. The maximum Gasteiger partial charge on any atom is 0.338 e. The monoisotopic (exact) mass is 327 g/mol. The molecule has 1 N–H and O–H groups in total. The summed E-state index contributed by atoms with van der Waals surface area (Å²) in [5.74, 6) is -0.235. The van der Waals surface area contributed by atoms with Gasteiger partial charge in [0.15, 0.2) is 6.61 Å². The van der Waals surface area contributed by atoms with Gasteiger partial charge in [-0.05, 0) is 49.2 Å². The van der Waals surface area contributed by atoms with Crippen LogP contribution in [0.3, 0.4) is 0 Å². The van der Waals surface area contributed by atoms with Gasteiger partial charge in [0.25, 0.3) is 5.91 Å². The molecule has 0 unspecified atom stereocenters. The lowest BCUT2D eigenvalue weighted by molar-refractivity contribution is -0.118. The van der Waals surface area contributed by atoms with Crippen LogP contribution in [0, 0.1) is 0 Å². The van der Waals surface area contributed by atoms with E-state index in [4.69, 9.17) is 9.47 Å². The summed E-state index contributed by atoms with van der Waals surface area (Å²) in [5.41, 5.74) is 2.33. The quantitative estimate of drug-likeness (QED) is 0.791. The summed E-state index contributed by atoms with van der Waals surface area (Å²) < 4.78 is 10.4. The number of aryl methyl sites for hydroxylation is 1. The van der Waals surface area contributed by atoms with Crippen LogP contribution in [-0.4, -0.2) is 25.1 Å². The van der Waals surface area contributed by atoms with Crippen molar-refractivity contribution in [1.82, 2.24) is 0 Å². The van der Waals surface area contributed by atoms with Crippen molar-refractivity contribution in [2.75, 3.05) is 18.5 Å². The van der Waals surface area contributed by atoms with Gasteiger partial charge in [0.05, 0.1) is 12.2 Å². The van der Waals surface area contributed by atoms with Gasteiger partial charge in [-0.3, -0.25) is 4.79 Å². The number of rotatable bonds is 7. The predicted molar refractivity (Wildman–Crippen MR) is 92.3 cm³/mol. The lowest BCUT2D eigenvalue weighted by Gasteiger charge is -2.09. The molecule has 0 bridgehead atoms. The molecule has 0 fully saturated rings. The Bertz CT molecular complexity index is 695. The van der Waals surface area contributed by atoms with E-state index in [2.05, 4.69) is 12.2 Å². The summed E-state index contributed by atoms with van der Waals surface area (Å²) in [6, 6.07) is 14.2. The molecular formula is C19H21NO4. The summed E-state index contributed by atoms with van der Waals surface area (Å²) in [5, 5.41) is 2.77. The Labute approximate surface area is 141 Å². The zero-order valence-corrected chi connectivity index (χ0v) is 13.9. The third kappa shape index (κ3) is 5.12. The topological polar surface area (TPSA) is 64.6 Å². The zero-order valence-electron chi connectivity index (χ0n) is 13.9. The van der Waals surface area contributed by atoms with Crippen LogP contribution in [-0.2, 0) is 16.0 Å². The van der Waals surface area contributed by atoms with Gasteiger partial charge in [0.1, 0.15) is 5.75 Å². The van der Waals surface area contributed by atoms with Crippen LogP contribution >= 0.6 is 0 Å². The van der Waals surface area contributed by atoms with Gasteiger partial charge < -0.3 is 14.8 Å². The van der Waals surface area contributed by atoms with Crippen LogP contribution in [0.15, 0.2) is 48.5 Å². The summed E-state index contributed by atoms with van der Waals surface area (Å²) in [6.07, 6.45) is 0.953. The third-order valence-corrected chi connectivity index (χ3v) is 3.36. The predicted octanol–water partition coefficient (Wildman–Crippen LogP) is 3.44. The number of carbonyl (C=O) groups excluding carboxylic acids is 2. The van der Waals surface area contributed by atoms with Crippen molar-refractivity contribution in [3.05, 3.63) is 59.7 Å². The molecule has 2 aromatic carbocycles. The Morgan fingerprint density at radius 2 is 1.79 bits per heavy atom. The molecular weight excluding hydrogens is 306 g/mol. The normalized spacial score (nSPS) is 10.1. The van der Waals surface area contributed by atoms with Crippen LogP contribution in [0.1, 0.15) is 29.8 Å². The minimum absolute atomic E-state index is 0.137. The van der Waals surface area contributed by atoms with Gasteiger partial charge in [-0.1, -0.05) is 25.1 Å². The molecule has 0 aliphatic rings. The Kier molecular flexibility index (Phi) is 6.37. The van der Waals surface area contributed by atoms with E-state index in [1.54, 1.807) is 31.2 Å². The number of hydrogen-bond donors (Lipinski definition) is 1. The second-order valence-corrected chi connectivity index (χ2v) is 5.14. The van der Waals surface area contributed by atoms with Crippen molar-refractivity contribution in [2.24, 2.45) is 0 Å². The maximum absolute atomic E-state index is 11.9. The first kappa shape index (κ1) is 17.5. The lowest BCUT2D eigenvalue weighted by atomic mass is 10.1. The number of anilines is 1. The van der Waals surface area contributed by atoms with Gasteiger partial charge in [-0.2, -0.15) is 0 Å². The first-order valence-corrected chi connectivity index (χ1v) is 7.91. The highest BCUT2D eigenvalue weighted by Gasteiger charge is 2.09. The average molecular weight is 327 g/mol. The van der Waals surface area contributed by atoms with Crippen molar-refractivity contribution in [1.29, 1.82) is 0 Å². The van der Waals surface area contributed by atoms with Crippen molar-refractivity contribution < 1.29 is 19.1 Å². The second kappa shape index (κ2) is 8.72. The number of nitrogens with one attached hydrogen (secondary N) is 1. The summed E-state index contributed by atoms with van der Waals surface area (Å²) in [4.78, 5) is 23.6. The van der Waals surface area contributed by atoms with Crippen molar-refractivity contribution in [2.45, 2.75) is 20.3 Å². The highest BCUT2D eigenvalue weighted by atomic mass is 16.5. The zero-order chi connectivity index (χ0) is 17.4. The Morgan fingerprint density at radius 1 is 1.04 bits per heavy atom. The fourth-order valence-corrected chi connectivity index (χ4v) is 2.10. The third-order valence-electron chi connectivity index (χ3n) is 3.36. The molecule has 5 heteroatoms. The lowest BCUT2D eigenvalue weighted by Crippen LogP contribution is -2.20. The Morgan fingerprint density at radius 3 is 2.46 bits per heavy atom. The molecule has 24 heavy (non-hydrogen) atoms. The average Bonchev–Trinajstić information content (AvgIpc) is 2.61. The number of benzene rings is 2. The van der Waals surface area contributed by atoms with Crippen LogP contribution in [0.25, 0.3) is 0 Å². The first-order chi connectivity index (χ1) is 11.6. The summed E-state index contributed by atoms with van der Waals surface area (Å²) in [6.45, 7) is 3.99. The first-order valence-electron chi connectivity index (χ1n) is 7.91. The number of esters is 1. The van der Waals surface area contributed by atoms with Gasteiger partial charge in [-0.15, -0.1) is 0 Å². The van der Waals surface area contributed by atoms with E-state index >= 15 is 0 Å².